The van der Waals surface area contributed by atoms with Gasteiger partial charge in [0.2, 0.25) is 0 Å². The largest absolute Gasteiger partial charge is 0.534 e. The number of carbonyl (C=O) groups excluding carboxylic acids is 1. The lowest BCUT2D eigenvalue weighted by atomic mass is 9.82. The summed E-state index contributed by atoms with van der Waals surface area (Å²) in [4.78, 5) is 11.4. The molecule has 3 atom stereocenters. The van der Waals surface area contributed by atoms with E-state index < -0.39 is 45.0 Å². The molecule has 1 aliphatic heterocycles. The normalized spacial score (nSPS) is 29.8. The number of halogens is 3. The second kappa shape index (κ2) is 5.66. The van der Waals surface area contributed by atoms with E-state index in [-0.39, 0.29) is 18.8 Å². The van der Waals surface area contributed by atoms with E-state index in [1.54, 1.807) is 13.8 Å². The number of ether oxygens (including phenoxy) is 2. The van der Waals surface area contributed by atoms with Gasteiger partial charge in [0.1, 0.15) is 5.76 Å². The van der Waals surface area contributed by atoms with Crippen LogP contribution in [0.2, 0.25) is 0 Å². The second-order valence-corrected chi connectivity index (χ2v) is 7.71. The standard InChI is InChI=1S/C13H17F3O6S/c1-12(2)5-8(22-23(18,19)13(14,15)16)10-7(4-9(17)20-3)6-21-11(10)12/h5,7,10-11H,4,6H2,1-3H3/t7-,10+,11+/m1/s1. The number of methoxy groups -OCH3 is 1. The average molecular weight is 358 g/mol. The van der Waals surface area contributed by atoms with Gasteiger partial charge in [-0.3, -0.25) is 4.79 Å². The van der Waals surface area contributed by atoms with Crippen LogP contribution in [-0.4, -0.2) is 39.7 Å². The highest BCUT2D eigenvalue weighted by Crippen LogP contribution is 2.51. The van der Waals surface area contributed by atoms with Crippen molar-refractivity contribution in [3.63, 3.8) is 0 Å². The molecule has 6 nitrogen and oxygen atoms in total. The summed E-state index contributed by atoms with van der Waals surface area (Å²) in [5, 5.41) is 0. The van der Waals surface area contributed by atoms with Gasteiger partial charge in [0, 0.05) is 11.3 Å². The molecule has 0 spiro atoms. The quantitative estimate of drug-likeness (QED) is 0.434. The maximum absolute atomic E-state index is 12.5. The highest BCUT2D eigenvalue weighted by molar-refractivity contribution is 7.87. The Morgan fingerprint density at radius 1 is 1.43 bits per heavy atom. The SMILES string of the molecule is COC(=O)C[C@@H]1CO[C@H]2[C@@H]1C(OS(=O)(=O)C(F)(F)F)=CC2(C)C. The van der Waals surface area contributed by atoms with Crippen molar-refractivity contribution >= 4 is 16.1 Å². The van der Waals surface area contributed by atoms with Gasteiger partial charge in [-0.1, -0.05) is 13.8 Å². The summed E-state index contributed by atoms with van der Waals surface area (Å²) < 4.78 is 74.6. The molecule has 0 aromatic heterocycles. The van der Waals surface area contributed by atoms with E-state index in [0.29, 0.717) is 0 Å². The van der Waals surface area contributed by atoms with Crippen molar-refractivity contribution < 1.29 is 40.0 Å². The maximum Gasteiger partial charge on any atom is 0.534 e. The van der Waals surface area contributed by atoms with Gasteiger partial charge in [0.15, 0.2) is 0 Å². The van der Waals surface area contributed by atoms with Crippen LogP contribution in [0.5, 0.6) is 0 Å². The molecule has 1 fully saturated rings. The van der Waals surface area contributed by atoms with E-state index in [2.05, 4.69) is 8.92 Å². The van der Waals surface area contributed by atoms with Crippen LogP contribution in [0.1, 0.15) is 20.3 Å². The molecular formula is C13H17F3O6S. The minimum absolute atomic E-state index is 0.0967. The van der Waals surface area contributed by atoms with Crippen LogP contribution in [0.3, 0.4) is 0 Å². The molecule has 2 aliphatic rings. The molecule has 1 aliphatic carbocycles. The maximum atomic E-state index is 12.5. The number of rotatable bonds is 4. The Morgan fingerprint density at radius 3 is 2.57 bits per heavy atom. The summed E-state index contributed by atoms with van der Waals surface area (Å²) in [6.45, 7) is 3.50. The lowest BCUT2D eigenvalue weighted by Crippen LogP contribution is -2.31. The van der Waals surface area contributed by atoms with Crippen molar-refractivity contribution in [2.24, 2.45) is 17.3 Å². The monoisotopic (exact) mass is 358 g/mol. The third-order valence-electron chi connectivity index (χ3n) is 4.05. The van der Waals surface area contributed by atoms with E-state index in [4.69, 9.17) is 4.74 Å². The van der Waals surface area contributed by atoms with Crippen molar-refractivity contribution in [1.82, 2.24) is 0 Å². The average Bonchev–Trinajstić information content (AvgIpc) is 2.89. The lowest BCUT2D eigenvalue weighted by Gasteiger charge is -2.25. The van der Waals surface area contributed by atoms with Crippen molar-refractivity contribution in [1.29, 1.82) is 0 Å². The van der Waals surface area contributed by atoms with E-state index in [9.17, 15) is 26.4 Å². The second-order valence-electron chi connectivity index (χ2n) is 6.17. The van der Waals surface area contributed by atoms with E-state index in [1.165, 1.54) is 13.2 Å². The van der Waals surface area contributed by atoms with E-state index in [1.807, 2.05) is 0 Å². The van der Waals surface area contributed by atoms with Gasteiger partial charge >= 0.3 is 21.6 Å². The highest BCUT2D eigenvalue weighted by atomic mass is 32.2. The third kappa shape index (κ3) is 3.32. The van der Waals surface area contributed by atoms with Crippen LogP contribution in [-0.2, 0) is 28.6 Å². The highest BCUT2D eigenvalue weighted by Gasteiger charge is 2.56. The molecule has 0 aromatic carbocycles. The smallest absolute Gasteiger partial charge is 0.469 e. The van der Waals surface area contributed by atoms with Crippen LogP contribution < -0.4 is 0 Å². The van der Waals surface area contributed by atoms with Crippen LogP contribution in [0, 0.1) is 17.3 Å². The Labute approximate surface area is 131 Å². The zero-order chi connectivity index (χ0) is 17.6. The van der Waals surface area contributed by atoms with Gasteiger partial charge in [0.25, 0.3) is 0 Å². The Morgan fingerprint density at radius 2 is 2.04 bits per heavy atom. The number of carbonyl (C=O) groups is 1. The molecular weight excluding hydrogens is 341 g/mol. The first kappa shape index (κ1) is 18.1. The van der Waals surface area contributed by atoms with Crippen LogP contribution in [0.25, 0.3) is 0 Å². The minimum Gasteiger partial charge on any atom is -0.469 e. The first-order valence-corrected chi connectivity index (χ1v) is 8.22. The predicted molar refractivity (Wildman–Crippen MR) is 71.3 cm³/mol. The van der Waals surface area contributed by atoms with Gasteiger partial charge in [-0.05, 0) is 6.08 Å². The Hall–Kier alpha value is -1.29. The van der Waals surface area contributed by atoms with Crippen molar-refractivity contribution in [2.75, 3.05) is 13.7 Å². The summed E-state index contributed by atoms with van der Waals surface area (Å²) in [5.74, 6) is -2.14. The molecule has 1 saturated heterocycles. The number of esters is 1. The fourth-order valence-electron chi connectivity index (χ4n) is 3.02. The number of fused-ring (bicyclic) bond motifs is 1. The molecule has 0 N–H and O–H groups in total. The fourth-order valence-corrected chi connectivity index (χ4v) is 3.53. The van der Waals surface area contributed by atoms with Gasteiger partial charge < -0.3 is 13.7 Å². The molecule has 132 valence electrons. The summed E-state index contributed by atoms with van der Waals surface area (Å²) >= 11 is 0. The third-order valence-corrected chi connectivity index (χ3v) is 5.02. The Kier molecular flexibility index (Phi) is 4.44. The van der Waals surface area contributed by atoms with Crippen LogP contribution in [0.15, 0.2) is 11.8 Å². The topological polar surface area (TPSA) is 78.9 Å². The fraction of sp³-hybridized carbons (Fsp3) is 0.769. The molecule has 23 heavy (non-hydrogen) atoms. The number of hydrogen-bond donors (Lipinski definition) is 0. The van der Waals surface area contributed by atoms with Gasteiger partial charge in [-0.25, -0.2) is 0 Å². The van der Waals surface area contributed by atoms with Crippen LogP contribution in [0.4, 0.5) is 13.2 Å². The summed E-state index contributed by atoms with van der Waals surface area (Å²) in [6, 6.07) is 0. The number of alkyl halides is 3. The Balaban J connectivity index is 2.29. The number of hydrogen-bond acceptors (Lipinski definition) is 6. The van der Waals surface area contributed by atoms with Gasteiger partial charge in [-0.15, -0.1) is 0 Å². The zero-order valence-electron chi connectivity index (χ0n) is 12.7. The molecule has 0 saturated carbocycles. The van der Waals surface area contributed by atoms with Crippen molar-refractivity contribution in [3.8, 4) is 0 Å². The molecule has 0 amide bonds. The molecule has 0 radical (unpaired) electrons. The summed E-state index contributed by atoms with van der Waals surface area (Å²) in [7, 11) is -4.58. The first-order chi connectivity index (χ1) is 10.4. The first-order valence-electron chi connectivity index (χ1n) is 6.81. The molecule has 0 bridgehead atoms. The molecule has 2 rings (SSSR count). The summed E-state index contributed by atoms with van der Waals surface area (Å²) in [5.41, 5.74) is -6.24. The van der Waals surface area contributed by atoms with Gasteiger partial charge in [-0.2, -0.15) is 21.6 Å². The predicted octanol–water partition coefficient (Wildman–Crippen LogP) is 1.97. The molecule has 10 heteroatoms. The molecule has 1 heterocycles. The lowest BCUT2D eigenvalue weighted by molar-refractivity contribution is -0.142. The zero-order valence-corrected chi connectivity index (χ0v) is 13.5. The minimum atomic E-state index is -5.77. The molecule has 0 unspecified atom stereocenters. The van der Waals surface area contributed by atoms with Crippen molar-refractivity contribution in [2.45, 2.75) is 31.9 Å². The Bertz CT molecular complexity index is 622. The molecule has 0 aromatic rings. The summed E-state index contributed by atoms with van der Waals surface area (Å²) in [6.07, 6.45) is 0.658. The van der Waals surface area contributed by atoms with E-state index >= 15 is 0 Å². The van der Waals surface area contributed by atoms with E-state index in [0.717, 1.165) is 0 Å². The van der Waals surface area contributed by atoms with Crippen LogP contribution >= 0.6 is 0 Å². The van der Waals surface area contributed by atoms with Crippen molar-refractivity contribution in [3.05, 3.63) is 11.8 Å². The van der Waals surface area contributed by atoms with Gasteiger partial charge in [0.05, 0.1) is 32.2 Å².